The highest BCUT2D eigenvalue weighted by Crippen LogP contribution is 2.26. The van der Waals surface area contributed by atoms with E-state index in [1.165, 1.54) is 0 Å². The number of para-hydroxylation sites is 1. The maximum absolute atomic E-state index is 13.2. The molecule has 180 valence electrons. The van der Waals surface area contributed by atoms with Crippen molar-refractivity contribution in [1.29, 1.82) is 0 Å². The van der Waals surface area contributed by atoms with E-state index in [0.717, 1.165) is 5.69 Å². The van der Waals surface area contributed by atoms with E-state index in [1.807, 2.05) is 13.8 Å². The minimum atomic E-state index is -0.688. The van der Waals surface area contributed by atoms with Gasteiger partial charge in [-0.2, -0.15) is 0 Å². The Hall–Kier alpha value is -3.88. The Morgan fingerprint density at radius 2 is 1.71 bits per heavy atom. The number of carbonyl (C=O) groups excluding carboxylic acids is 2. The number of hydrogen-bond donors (Lipinski definition) is 4. The molecule has 2 amide bonds. The molecule has 0 aliphatic rings. The number of aromatic amines is 1. The van der Waals surface area contributed by atoms with Gasteiger partial charge in [-0.05, 0) is 67.8 Å². The molecule has 8 nitrogen and oxygen atoms in total. The standard InChI is InChI=1S/C26H25ClN4O4/c1-14(2)35-13-22(29-16-8-6-15(27)7-9-16)26(34)30-17-10-11-19-21(12-17)18-4-3-5-20(24(28)32)23(18)31-25(19)33/h3-12,14,22,29H,13H2,1-2H3,(H2,28,32)(H,30,34)(H,31,33)/t22-/m0/s1. The van der Waals surface area contributed by atoms with Crippen LogP contribution in [0.4, 0.5) is 11.4 Å². The minimum Gasteiger partial charge on any atom is -0.376 e. The zero-order valence-electron chi connectivity index (χ0n) is 19.2. The fourth-order valence-corrected chi connectivity index (χ4v) is 3.91. The lowest BCUT2D eigenvalue weighted by Gasteiger charge is -2.21. The van der Waals surface area contributed by atoms with Crippen molar-refractivity contribution in [3.8, 4) is 0 Å². The van der Waals surface area contributed by atoms with E-state index in [-0.39, 0.29) is 29.7 Å². The third-order valence-electron chi connectivity index (χ3n) is 5.49. The molecule has 0 saturated carbocycles. The van der Waals surface area contributed by atoms with E-state index in [1.54, 1.807) is 60.7 Å². The molecule has 1 heterocycles. The summed E-state index contributed by atoms with van der Waals surface area (Å²) in [6.07, 6.45) is -0.0597. The first kappa shape index (κ1) is 24.3. The van der Waals surface area contributed by atoms with E-state index in [0.29, 0.717) is 32.4 Å². The lowest BCUT2D eigenvalue weighted by Crippen LogP contribution is -2.39. The molecule has 35 heavy (non-hydrogen) atoms. The molecule has 0 bridgehead atoms. The van der Waals surface area contributed by atoms with E-state index in [2.05, 4.69) is 15.6 Å². The summed E-state index contributed by atoms with van der Waals surface area (Å²) in [7, 11) is 0. The third kappa shape index (κ3) is 5.45. The minimum absolute atomic E-state index is 0.0597. The molecule has 0 fully saturated rings. The van der Waals surface area contributed by atoms with Gasteiger partial charge in [0, 0.05) is 27.2 Å². The van der Waals surface area contributed by atoms with E-state index in [4.69, 9.17) is 22.1 Å². The number of ether oxygens (including phenoxy) is 1. The van der Waals surface area contributed by atoms with Crippen LogP contribution in [0.15, 0.2) is 65.5 Å². The van der Waals surface area contributed by atoms with Crippen LogP contribution in [0.25, 0.3) is 21.7 Å². The number of amides is 2. The maximum Gasteiger partial charge on any atom is 0.256 e. The van der Waals surface area contributed by atoms with Gasteiger partial charge >= 0.3 is 0 Å². The summed E-state index contributed by atoms with van der Waals surface area (Å²) in [5.41, 5.74) is 6.91. The van der Waals surface area contributed by atoms with Gasteiger partial charge < -0.3 is 26.1 Å². The molecule has 0 spiro atoms. The molecule has 3 aromatic carbocycles. The van der Waals surface area contributed by atoms with Crippen LogP contribution in [0.1, 0.15) is 24.2 Å². The monoisotopic (exact) mass is 492 g/mol. The summed E-state index contributed by atoms with van der Waals surface area (Å²) in [5.74, 6) is -0.955. The van der Waals surface area contributed by atoms with Gasteiger partial charge in [-0.3, -0.25) is 14.4 Å². The summed E-state index contributed by atoms with van der Waals surface area (Å²) >= 11 is 5.97. The summed E-state index contributed by atoms with van der Waals surface area (Å²) < 4.78 is 5.70. The highest BCUT2D eigenvalue weighted by atomic mass is 35.5. The largest absolute Gasteiger partial charge is 0.376 e. The predicted molar refractivity (Wildman–Crippen MR) is 139 cm³/mol. The van der Waals surface area contributed by atoms with Crippen LogP contribution < -0.4 is 21.9 Å². The number of H-pyrrole nitrogens is 1. The van der Waals surface area contributed by atoms with Gasteiger partial charge in [-0.25, -0.2) is 0 Å². The molecule has 5 N–H and O–H groups in total. The van der Waals surface area contributed by atoms with E-state index < -0.39 is 11.9 Å². The van der Waals surface area contributed by atoms with Gasteiger partial charge in [0.2, 0.25) is 5.91 Å². The van der Waals surface area contributed by atoms with Crippen LogP contribution in [0, 0.1) is 0 Å². The smallest absolute Gasteiger partial charge is 0.256 e. The maximum atomic E-state index is 13.2. The number of nitrogens with one attached hydrogen (secondary N) is 3. The zero-order valence-corrected chi connectivity index (χ0v) is 20.0. The third-order valence-corrected chi connectivity index (χ3v) is 5.74. The molecule has 4 rings (SSSR count). The second kappa shape index (κ2) is 10.2. The zero-order chi connectivity index (χ0) is 25.1. The van der Waals surface area contributed by atoms with Crippen LogP contribution in [-0.2, 0) is 9.53 Å². The lowest BCUT2D eigenvalue weighted by atomic mass is 10.0. The summed E-state index contributed by atoms with van der Waals surface area (Å²) in [6.45, 7) is 3.93. The molecule has 0 radical (unpaired) electrons. The van der Waals surface area contributed by atoms with Crippen molar-refractivity contribution in [2.75, 3.05) is 17.2 Å². The Bertz CT molecular complexity index is 1460. The van der Waals surface area contributed by atoms with Crippen molar-refractivity contribution < 1.29 is 14.3 Å². The number of pyridine rings is 1. The Morgan fingerprint density at radius 1 is 1.00 bits per heavy atom. The summed E-state index contributed by atoms with van der Waals surface area (Å²) in [4.78, 5) is 40.4. The van der Waals surface area contributed by atoms with Crippen LogP contribution in [0.5, 0.6) is 0 Å². The molecule has 0 aliphatic carbocycles. The van der Waals surface area contributed by atoms with Crippen molar-refractivity contribution in [2.45, 2.75) is 26.0 Å². The molecule has 0 aliphatic heterocycles. The number of halogens is 1. The molecule has 0 unspecified atom stereocenters. The highest BCUT2D eigenvalue weighted by molar-refractivity contribution is 6.30. The van der Waals surface area contributed by atoms with Crippen molar-refractivity contribution in [1.82, 2.24) is 4.98 Å². The lowest BCUT2D eigenvalue weighted by molar-refractivity contribution is -0.118. The first-order chi connectivity index (χ1) is 16.7. The number of fused-ring (bicyclic) bond motifs is 3. The number of benzene rings is 3. The molecule has 1 aromatic heterocycles. The number of carbonyl (C=O) groups is 2. The van der Waals surface area contributed by atoms with E-state index in [9.17, 15) is 14.4 Å². The van der Waals surface area contributed by atoms with Gasteiger partial charge in [0.1, 0.15) is 6.04 Å². The molecular formula is C26H25ClN4O4. The first-order valence-electron chi connectivity index (χ1n) is 11.1. The number of hydrogen-bond acceptors (Lipinski definition) is 5. The van der Waals surface area contributed by atoms with Crippen LogP contribution in [0.2, 0.25) is 5.02 Å². The quantitative estimate of drug-likeness (QED) is 0.273. The van der Waals surface area contributed by atoms with Crippen molar-refractivity contribution >= 4 is 56.5 Å². The van der Waals surface area contributed by atoms with Crippen LogP contribution in [0.3, 0.4) is 0 Å². The molecule has 4 aromatic rings. The Balaban J connectivity index is 1.67. The Labute approximate surface area is 206 Å². The number of aromatic nitrogens is 1. The second-order valence-corrected chi connectivity index (χ2v) is 8.82. The average Bonchev–Trinajstić information content (AvgIpc) is 2.82. The molecule has 0 saturated heterocycles. The molecular weight excluding hydrogens is 468 g/mol. The normalized spacial score (nSPS) is 12.1. The van der Waals surface area contributed by atoms with Crippen molar-refractivity contribution in [3.63, 3.8) is 0 Å². The second-order valence-electron chi connectivity index (χ2n) is 8.38. The molecule has 1 atom stereocenters. The highest BCUT2D eigenvalue weighted by Gasteiger charge is 2.20. The van der Waals surface area contributed by atoms with Gasteiger partial charge in [0.15, 0.2) is 0 Å². The Morgan fingerprint density at radius 3 is 2.40 bits per heavy atom. The molecule has 9 heteroatoms. The van der Waals surface area contributed by atoms with Crippen molar-refractivity contribution in [3.05, 3.63) is 81.6 Å². The number of anilines is 2. The van der Waals surface area contributed by atoms with Gasteiger partial charge in [0.05, 0.1) is 23.8 Å². The van der Waals surface area contributed by atoms with Crippen LogP contribution in [-0.4, -0.2) is 35.6 Å². The van der Waals surface area contributed by atoms with Gasteiger partial charge in [-0.1, -0.05) is 23.7 Å². The SMILES string of the molecule is CC(C)OC[C@H](Nc1ccc(Cl)cc1)C(=O)Nc1ccc2c(=O)[nH]c3c(C(N)=O)cccc3c2c1. The van der Waals surface area contributed by atoms with Gasteiger partial charge in [0.25, 0.3) is 11.5 Å². The van der Waals surface area contributed by atoms with Crippen molar-refractivity contribution in [2.24, 2.45) is 5.73 Å². The number of nitrogens with two attached hydrogens (primary N) is 1. The summed E-state index contributed by atoms with van der Waals surface area (Å²) in [5, 5.41) is 8.33. The van der Waals surface area contributed by atoms with Gasteiger partial charge in [-0.15, -0.1) is 0 Å². The number of rotatable bonds is 8. The average molecular weight is 493 g/mol. The fraction of sp³-hybridized carbons (Fsp3) is 0.192. The summed E-state index contributed by atoms with van der Waals surface area (Å²) in [6, 6.07) is 16.4. The first-order valence-corrected chi connectivity index (χ1v) is 11.4. The number of primary amides is 1. The Kier molecular flexibility index (Phi) is 7.04. The van der Waals surface area contributed by atoms with Crippen LogP contribution >= 0.6 is 11.6 Å². The van der Waals surface area contributed by atoms with E-state index >= 15 is 0 Å². The predicted octanol–water partition coefficient (Wildman–Crippen LogP) is 4.28. The topological polar surface area (TPSA) is 126 Å². The fourth-order valence-electron chi connectivity index (χ4n) is 3.79.